The summed E-state index contributed by atoms with van der Waals surface area (Å²) in [5.74, 6) is -1.35. The molecule has 4 amide bonds. The number of ether oxygens (including phenoxy) is 3. The van der Waals surface area contributed by atoms with E-state index in [0.29, 0.717) is 61.4 Å². The van der Waals surface area contributed by atoms with E-state index < -0.39 is 61.9 Å². The molecule has 0 spiro atoms. The van der Waals surface area contributed by atoms with Crippen molar-refractivity contribution in [2.75, 3.05) is 59.5 Å². The molecule has 0 bridgehead atoms. The van der Waals surface area contributed by atoms with E-state index in [1.165, 1.54) is 49.9 Å². The van der Waals surface area contributed by atoms with Crippen molar-refractivity contribution in [1.82, 2.24) is 14.7 Å². The van der Waals surface area contributed by atoms with Crippen LogP contribution in [0.5, 0.6) is 0 Å². The molecule has 15 nitrogen and oxygen atoms in total. The van der Waals surface area contributed by atoms with Crippen LogP contribution in [0.2, 0.25) is 0 Å². The second-order valence-electron chi connectivity index (χ2n) is 16.7. The highest BCUT2D eigenvalue weighted by Gasteiger charge is 2.46. The van der Waals surface area contributed by atoms with E-state index in [9.17, 15) is 28.8 Å². The zero-order valence-electron chi connectivity index (χ0n) is 34.7. The molecule has 6 rings (SSSR count). The summed E-state index contributed by atoms with van der Waals surface area (Å²) in [5, 5.41) is 0.393. The van der Waals surface area contributed by atoms with E-state index in [4.69, 9.17) is 29.0 Å². The average Bonchev–Trinajstić information content (AvgIpc) is 3.79. The number of carbonyl (C=O) groups is 6. The number of halogens is 2. The van der Waals surface area contributed by atoms with Gasteiger partial charge in [-0.1, -0.05) is 12.5 Å². The van der Waals surface area contributed by atoms with Crippen molar-refractivity contribution >= 4 is 65.9 Å². The van der Waals surface area contributed by atoms with Gasteiger partial charge in [0.1, 0.15) is 0 Å². The topological polar surface area (TPSA) is 184 Å². The number of hydrogen-bond donors (Lipinski definition) is 1. The van der Waals surface area contributed by atoms with Crippen LogP contribution in [0, 0.1) is 16.7 Å². The largest absolute Gasteiger partial charge is 0.438 e. The molecule has 0 saturated carbocycles. The fraction of sp³-hybridized carbons (Fsp3) is 0.650. The second kappa shape index (κ2) is 21.1. The van der Waals surface area contributed by atoms with Gasteiger partial charge in [0.25, 0.3) is 14.3 Å². The highest BCUT2D eigenvalue weighted by molar-refractivity contribution is 7.48. The second-order valence-corrected chi connectivity index (χ2v) is 19.4. The number of esters is 2. The Morgan fingerprint density at radius 2 is 1.49 bits per heavy atom. The van der Waals surface area contributed by atoms with Crippen molar-refractivity contribution in [2.24, 2.45) is 22.5 Å². The van der Waals surface area contributed by atoms with Crippen molar-refractivity contribution in [3.8, 4) is 0 Å². The first-order valence-corrected chi connectivity index (χ1v) is 21.7. The third kappa shape index (κ3) is 13.6. The summed E-state index contributed by atoms with van der Waals surface area (Å²) in [6.45, 7) is 12.9. The number of likely N-dealkylation sites (tertiary alicyclic amines) is 1. The van der Waals surface area contributed by atoms with Gasteiger partial charge in [0.15, 0.2) is 13.6 Å². The first kappa shape index (κ1) is 47.8. The Balaban J connectivity index is 0.000000246. The zero-order chi connectivity index (χ0) is 43.5. The lowest BCUT2D eigenvalue weighted by Gasteiger charge is -2.39. The Morgan fingerprint density at radius 1 is 0.898 bits per heavy atom. The van der Waals surface area contributed by atoms with Crippen LogP contribution in [0.3, 0.4) is 0 Å². The molecule has 0 radical (unpaired) electrons. The maximum atomic E-state index is 15.4. The minimum Gasteiger partial charge on any atom is -0.438 e. The molecule has 4 aliphatic rings. The molecule has 1 unspecified atom stereocenters. The number of primary amides is 1. The predicted octanol–water partition coefficient (Wildman–Crippen LogP) is 5.97. The van der Waals surface area contributed by atoms with Crippen LogP contribution in [0.1, 0.15) is 95.3 Å². The monoisotopic (exact) mass is 870 g/mol. The molecular formula is C40H57F2N4O11PS. The first-order valence-electron chi connectivity index (χ1n) is 19.7. The lowest BCUT2D eigenvalue weighted by molar-refractivity contribution is -0.162. The van der Waals surface area contributed by atoms with Gasteiger partial charge in [-0.2, -0.15) is 8.78 Å². The Hall–Kier alpha value is -3.83. The predicted molar refractivity (Wildman–Crippen MR) is 216 cm³/mol. The summed E-state index contributed by atoms with van der Waals surface area (Å²) in [6.07, 6.45) is 7.71. The Labute approximate surface area is 349 Å². The van der Waals surface area contributed by atoms with Crippen LogP contribution in [0.15, 0.2) is 24.3 Å². The summed E-state index contributed by atoms with van der Waals surface area (Å²) in [7, 11) is -3.05. The third-order valence-electron chi connectivity index (χ3n) is 9.89. The molecule has 59 heavy (non-hydrogen) atoms. The van der Waals surface area contributed by atoms with Crippen molar-refractivity contribution in [2.45, 2.75) is 91.8 Å². The minimum absolute atomic E-state index is 0.0262. The number of fused-ring (bicyclic) bond motifs is 2. The van der Waals surface area contributed by atoms with Crippen LogP contribution in [0.25, 0.3) is 10.1 Å². The number of thiophene rings is 1. The molecule has 1 atom stereocenters. The van der Waals surface area contributed by atoms with E-state index in [1.807, 2.05) is 4.90 Å². The number of hydrogen-bond acceptors (Lipinski definition) is 12. The van der Waals surface area contributed by atoms with E-state index in [1.54, 1.807) is 46.4 Å². The number of rotatable bonds is 11. The molecule has 4 fully saturated rings. The molecule has 1 aromatic heterocycles. The number of nitrogens with zero attached hydrogens (tertiary/aromatic N) is 3. The summed E-state index contributed by atoms with van der Waals surface area (Å²) in [5.41, 5.74) is -0.584. The number of amides is 4. The third-order valence-corrected chi connectivity index (χ3v) is 12.4. The van der Waals surface area contributed by atoms with Gasteiger partial charge < -0.3 is 34.6 Å². The summed E-state index contributed by atoms with van der Waals surface area (Å²) in [4.78, 5) is 74.6. The SMILES string of the molecule is CC(C)(C)C(=O)OCOP(OCOC(=O)C(C)(C)C)C(F)(F)c1ccc2sc(C(N)=O)cc2c1.O=C1CCCCC2CCCN12.O=CN1CC(C(=O)N2CCOCC2)C1. The number of morpholine rings is 1. The molecule has 2 N–H and O–H groups in total. The molecule has 19 heteroatoms. The van der Waals surface area contributed by atoms with Crippen molar-refractivity contribution in [3.05, 3.63) is 34.7 Å². The van der Waals surface area contributed by atoms with Crippen LogP contribution in [0.4, 0.5) is 8.78 Å². The fourth-order valence-electron chi connectivity index (χ4n) is 6.41. The van der Waals surface area contributed by atoms with Crippen LogP contribution >= 0.6 is 19.7 Å². The lowest BCUT2D eigenvalue weighted by Crippen LogP contribution is -2.55. The van der Waals surface area contributed by atoms with Gasteiger partial charge in [-0.25, -0.2) is 0 Å². The number of alkyl halides is 2. The number of nitrogens with two attached hydrogens (primary N) is 1. The van der Waals surface area contributed by atoms with E-state index in [-0.39, 0.29) is 16.7 Å². The van der Waals surface area contributed by atoms with Gasteiger partial charge in [-0.15, -0.1) is 11.3 Å². The summed E-state index contributed by atoms with van der Waals surface area (Å²) < 4.78 is 56.8. The van der Waals surface area contributed by atoms with E-state index >= 15 is 8.78 Å². The molecule has 5 heterocycles. The first-order chi connectivity index (χ1) is 27.7. The normalized spacial score (nSPS) is 18.8. The Kier molecular flexibility index (Phi) is 17.1. The summed E-state index contributed by atoms with van der Waals surface area (Å²) >= 11 is 1.08. The van der Waals surface area contributed by atoms with Crippen LogP contribution in [-0.4, -0.2) is 116 Å². The number of carbonyl (C=O) groups excluding carboxylic acids is 6. The van der Waals surface area contributed by atoms with Crippen molar-refractivity contribution in [1.29, 1.82) is 0 Å². The molecule has 0 aliphatic carbocycles. The molecule has 328 valence electrons. The van der Waals surface area contributed by atoms with Gasteiger partial charge in [0.2, 0.25) is 18.2 Å². The molecule has 4 aliphatic heterocycles. The highest BCUT2D eigenvalue weighted by atomic mass is 32.1. The fourth-order valence-corrected chi connectivity index (χ4v) is 8.35. The van der Waals surface area contributed by atoms with Crippen molar-refractivity contribution in [3.63, 3.8) is 0 Å². The van der Waals surface area contributed by atoms with Gasteiger partial charge >= 0.3 is 17.6 Å². The van der Waals surface area contributed by atoms with Crippen LogP contribution < -0.4 is 5.73 Å². The maximum Gasteiger partial charge on any atom is 0.340 e. The Morgan fingerprint density at radius 3 is 2.05 bits per heavy atom. The van der Waals surface area contributed by atoms with E-state index in [2.05, 4.69) is 4.90 Å². The maximum absolute atomic E-state index is 15.4. The van der Waals surface area contributed by atoms with Crippen molar-refractivity contribution < 1.29 is 60.8 Å². The minimum atomic E-state index is -3.68. The quantitative estimate of drug-likeness (QED) is 0.121. The molecule has 2 aromatic rings. The molecule has 1 aromatic carbocycles. The molecular weight excluding hydrogens is 813 g/mol. The lowest BCUT2D eigenvalue weighted by atomic mass is 9.98. The molecule has 4 saturated heterocycles. The standard InChI is InChI=1S/C22H28F2NO7PS.C9H14N2O3.C9H15NO/c1-20(2,3)18(27)29-11-31-33(32-12-30-19(28)21(4,5)6)22(23,24)14-7-8-15-13(9-14)10-16(34-15)17(25)26;12-7-10-5-8(6-10)9(13)11-1-3-14-4-2-11;11-9-6-2-1-4-8-5-3-7-10(8)9/h7-10H,11-12H2,1-6H3,(H2,25,26);7-8H,1-6H2;8H,1-7H2. The van der Waals surface area contributed by atoms with Crippen LogP contribution in [-0.2, 0) is 52.9 Å². The average molecular weight is 871 g/mol. The summed E-state index contributed by atoms with van der Waals surface area (Å²) in [6, 6.07) is 5.84. The highest BCUT2D eigenvalue weighted by Crippen LogP contribution is 2.60. The smallest absolute Gasteiger partial charge is 0.340 e. The Bertz CT molecular complexity index is 1760. The van der Waals surface area contributed by atoms with Gasteiger partial charge in [-0.3, -0.25) is 37.8 Å². The number of benzene rings is 1. The van der Waals surface area contributed by atoms with Gasteiger partial charge in [-0.05, 0) is 90.8 Å². The van der Waals surface area contributed by atoms with E-state index in [0.717, 1.165) is 37.1 Å². The zero-order valence-corrected chi connectivity index (χ0v) is 36.4. The van der Waals surface area contributed by atoms with Gasteiger partial charge in [0, 0.05) is 55.4 Å². The van der Waals surface area contributed by atoms with Gasteiger partial charge in [0.05, 0.1) is 34.8 Å².